The number of fused-ring (bicyclic) bond motifs is 1. The molecule has 6 atom stereocenters. The Balaban J connectivity index is 1.73. The highest BCUT2D eigenvalue weighted by Crippen LogP contribution is 2.58. The van der Waals surface area contributed by atoms with Crippen LogP contribution in [0.15, 0.2) is 12.2 Å². The molecule has 3 rings (SSSR count). The summed E-state index contributed by atoms with van der Waals surface area (Å²) in [6.07, 6.45) is 1.70. The summed E-state index contributed by atoms with van der Waals surface area (Å²) in [4.78, 5) is 23.2. The summed E-state index contributed by atoms with van der Waals surface area (Å²) in [5, 5.41) is 0. The maximum absolute atomic E-state index is 11.6. The summed E-state index contributed by atoms with van der Waals surface area (Å²) in [7, 11) is 0. The van der Waals surface area contributed by atoms with Crippen LogP contribution in [0.3, 0.4) is 0 Å². The molecule has 2 saturated carbocycles. The third kappa shape index (κ3) is 1.51. The second kappa shape index (κ2) is 3.84. The highest BCUT2D eigenvalue weighted by atomic mass is 16.6. The molecular formula is C14H18O4. The molecular weight excluding hydrogens is 232 g/mol. The highest BCUT2D eigenvalue weighted by molar-refractivity contribution is 5.87. The van der Waals surface area contributed by atoms with Crippen molar-refractivity contribution in [1.82, 2.24) is 0 Å². The quantitative estimate of drug-likeness (QED) is 0.565. The average molecular weight is 250 g/mol. The zero-order valence-corrected chi connectivity index (χ0v) is 10.7. The van der Waals surface area contributed by atoms with Gasteiger partial charge < -0.3 is 9.47 Å². The fourth-order valence-corrected chi connectivity index (χ4v) is 4.00. The molecule has 98 valence electrons. The third-order valence-electron chi connectivity index (χ3n) is 4.73. The van der Waals surface area contributed by atoms with Gasteiger partial charge in [-0.25, -0.2) is 4.79 Å². The molecule has 0 aromatic carbocycles. The third-order valence-corrected chi connectivity index (χ3v) is 4.73. The van der Waals surface area contributed by atoms with Crippen molar-refractivity contribution in [3.63, 3.8) is 0 Å². The van der Waals surface area contributed by atoms with E-state index in [4.69, 9.17) is 9.47 Å². The smallest absolute Gasteiger partial charge is 0.333 e. The van der Waals surface area contributed by atoms with Gasteiger partial charge >= 0.3 is 11.9 Å². The minimum Gasteiger partial charge on any atom is -0.461 e. The van der Waals surface area contributed by atoms with Gasteiger partial charge in [0.25, 0.3) is 0 Å². The molecule has 1 aliphatic heterocycles. The van der Waals surface area contributed by atoms with Crippen LogP contribution in [0.2, 0.25) is 0 Å². The Morgan fingerprint density at radius 2 is 2.22 bits per heavy atom. The summed E-state index contributed by atoms with van der Waals surface area (Å²) in [5.41, 5.74) is 0.409. The summed E-state index contributed by atoms with van der Waals surface area (Å²) >= 11 is 0. The van der Waals surface area contributed by atoms with E-state index in [0.29, 0.717) is 17.4 Å². The molecule has 0 spiro atoms. The molecule has 4 nitrogen and oxygen atoms in total. The number of ether oxygens (including phenoxy) is 2. The Labute approximate surface area is 106 Å². The molecule has 1 heterocycles. The van der Waals surface area contributed by atoms with Crippen LogP contribution in [0.1, 0.15) is 26.7 Å². The van der Waals surface area contributed by atoms with Gasteiger partial charge in [-0.1, -0.05) is 6.58 Å². The van der Waals surface area contributed by atoms with Crippen molar-refractivity contribution in [2.24, 2.45) is 23.7 Å². The van der Waals surface area contributed by atoms with Gasteiger partial charge in [0.2, 0.25) is 0 Å². The number of carbonyl (C=O) groups excluding carboxylic acids is 2. The van der Waals surface area contributed by atoms with E-state index in [1.54, 1.807) is 6.92 Å². The predicted octanol–water partition coefficient (Wildman–Crippen LogP) is 1.69. The van der Waals surface area contributed by atoms with Crippen LogP contribution in [0.5, 0.6) is 0 Å². The maximum Gasteiger partial charge on any atom is 0.333 e. The van der Waals surface area contributed by atoms with E-state index in [1.165, 1.54) is 0 Å². The lowest BCUT2D eigenvalue weighted by molar-refractivity contribution is -0.152. The van der Waals surface area contributed by atoms with Crippen LogP contribution >= 0.6 is 0 Å². The van der Waals surface area contributed by atoms with E-state index >= 15 is 0 Å². The van der Waals surface area contributed by atoms with E-state index in [2.05, 4.69) is 6.58 Å². The van der Waals surface area contributed by atoms with Gasteiger partial charge in [-0.15, -0.1) is 0 Å². The lowest BCUT2D eigenvalue weighted by Crippen LogP contribution is -2.37. The minimum absolute atomic E-state index is 0.0332. The Bertz CT molecular complexity index is 428. The van der Waals surface area contributed by atoms with Crippen molar-refractivity contribution < 1.29 is 19.1 Å². The molecule has 3 fully saturated rings. The van der Waals surface area contributed by atoms with Crippen LogP contribution in [-0.2, 0) is 19.1 Å². The summed E-state index contributed by atoms with van der Waals surface area (Å²) in [6.45, 7) is 7.12. The summed E-state index contributed by atoms with van der Waals surface area (Å²) < 4.78 is 10.9. The van der Waals surface area contributed by atoms with Crippen molar-refractivity contribution in [3.8, 4) is 0 Å². The van der Waals surface area contributed by atoms with E-state index in [0.717, 1.165) is 12.8 Å². The molecule has 0 aromatic heterocycles. The molecule has 1 saturated heterocycles. The molecule has 2 bridgehead atoms. The second-order valence-electron chi connectivity index (χ2n) is 5.87. The molecule has 18 heavy (non-hydrogen) atoms. The van der Waals surface area contributed by atoms with Gasteiger partial charge in [-0.2, -0.15) is 0 Å². The average Bonchev–Trinajstić information content (AvgIpc) is 2.89. The Kier molecular flexibility index (Phi) is 2.50. The Morgan fingerprint density at radius 1 is 1.50 bits per heavy atom. The van der Waals surface area contributed by atoms with E-state index in [1.807, 2.05) is 6.92 Å². The van der Waals surface area contributed by atoms with Gasteiger partial charge in [0.1, 0.15) is 12.2 Å². The lowest BCUT2D eigenvalue weighted by Gasteiger charge is -2.30. The van der Waals surface area contributed by atoms with Gasteiger partial charge in [-0.3, -0.25) is 4.79 Å². The van der Waals surface area contributed by atoms with E-state index < -0.39 is 0 Å². The monoisotopic (exact) mass is 250 g/mol. The van der Waals surface area contributed by atoms with Crippen molar-refractivity contribution in [2.45, 2.75) is 38.9 Å². The minimum atomic E-state index is -0.355. The standard InChI is InChI=1S/C14H18O4/c1-6(2)13(15)17-7(3)11-8-4-9-10(5-8)14(16)18-12(9)11/h7-12H,1,4-5H2,2-3H3. The number of esters is 2. The topological polar surface area (TPSA) is 52.6 Å². The molecule has 4 heteroatoms. The van der Waals surface area contributed by atoms with Gasteiger partial charge in [0.15, 0.2) is 0 Å². The molecule has 6 unspecified atom stereocenters. The number of carbonyl (C=O) groups is 2. The van der Waals surface area contributed by atoms with Crippen molar-refractivity contribution in [2.75, 3.05) is 0 Å². The molecule has 3 aliphatic rings. The highest BCUT2D eigenvalue weighted by Gasteiger charge is 2.63. The largest absolute Gasteiger partial charge is 0.461 e. The first-order valence-corrected chi connectivity index (χ1v) is 6.56. The molecule has 0 N–H and O–H groups in total. The Hall–Kier alpha value is -1.32. The first-order valence-electron chi connectivity index (χ1n) is 6.56. The predicted molar refractivity (Wildman–Crippen MR) is 63.4 cm³/mol. The lowest BCUT2D eigenvalue weighted by atomic mass is 9.79. The summed E-state index contributed by atoms with van der Waals surface area (Å²) in [6, 6.07) is 0. The Morgan fingerprint density at radius 3 is 2.89 bits per heavy atom. The zero-order chi connectivity index (χ0) is 13.0. The maximum atomic E-state index is 11.6. The number of hydrogen-bond acceptors (Lipinski definition) is 4. The van der Waals surface area contributed by atoms with Gasteiger partial charge in [-0.05, 0) is 32.6 Å². The van der Waals surface area contributed by atoms with Crippen LogP contribution < -0.4 is 0 Å². The van der Waals surface area contributed by atoms with Gasteiger partial charge in [0, 0.05) is 17.4 Å². The van der Waals surface area contributed by atoms with Gasteiger partial charge in [0.05, 0.1) is 5.92 Å². The first-order chi connectivity index (χ1) is 8.49. The SMILES string of the molecule is C=C(C)C(=O)OC(C)C1C2CC3C(=O)OC1C3C2. The van der Waals surface area contributed by atoms with Crippen LogP contribution in [-0.4, -0.2) is 24.1 Å². The molecule has 0 radical (unpaired) electrons. The number of hydrogen-bond donors (Lipinski definition) is 0. The normalized spacial score (nSPS) is 41.7. The van der Waals surface area contributed by atoms with Crippen molar-refractivity contribution in [3.05, 3.63) is 12.2 Å². The van der Waals surface area contributed by atoms with E-state index in [9.17, 15) is 9.59 Å². The van der Waals surface area contributed by atoms with Crippen molar-refractivity contribution >= 4 is 11.9 Å². The molecule has 0 amide bonds. The fourth-order valence-electron chi connectivity index (χ4n) is 4.00. The van der Waals surface area contributed by atoms with Crippen LogP contribution in [0.25, 0.3) is 0 Å². The number of rotatable bonds is 3. The zero-order valence-electron chi connectivity index (χ0n) is 10.7. The second-order valence-corrected chi connectivity index (χ2v) is 5.87. The fraction of sp³-hybridized carbons (Fsp3) is 0.714. The first kappa shape index (κ1) is 11.8. The van der Waals surface area contributed by atoms with E-state index in [-0.39, 0.29) is 36.0 Å². The molecule has 2 aliphatic carbocycles. The van der Waals surface area contributed by atoms with Crippen molar-refractivity contribution in [1.29, 1.82) is 0 Å². The molecule has 0 aromatic rings. The summed E-state index contributed by atoms with van der Waals surface area (Å²) in [5.74, 6) is 0.698. The van der Waals surface area contributed by atoms with Crippen LogP contribution in [0.4, 0.5) is 0 Å². The van der Waals surface area contributed by atoms with Crippen LogP contribution in [0, 0.1) is 23.7 Å².